The summed E-state index contributed by atoms with van der Waals surface area (Å²) in [5.41, 5.74) is 1.07. The van der Waals surface area contributed by atoms with E-state index >= 15 is 0 Å². The van der Waals surface area contributed by atoms with Crippen molar-refractivity contribution in [2.75, 3.05) is 25.0 Å². The van der Waals surface area contributed by atoms with E-state index in [0.717, 1.165) is 42.8 Å². The van der Waals surface area contributed by atoms with E-state index in [0.29, 0.717) is 0 Å². The van der Waals surface area contributed by atoms with Gasteiger partial charge < -0.3 is 15.6 Å². The summed E-state index contributed by atoms with van der Waals surface area (Å²) in [6.45, 7) is 3.27. The molecular formula is C12H17N5. The second-order valence-corrected chi connectivity index (χ2v) is 4.53. The molecule has 0 bridgehead atoms. The Bertz CT molecular complexity index is 446. The van der Waals surface area contributed by atoms with Gasteiger partial charge in [0.2, 0.25) is 0 Å². The Hall–Kier alpha value is -1.62. The molecule has 3 aliphatic heterocycles. The molecule has 0 aliphatic carbocycles. The monoisotopic (exact) mass is 231 g/mol. The Morgan fingerprint density at radius 2 is 2.18 bits per heavy atom. The highest BCUT2D eigenvalue weighted by molar-refractivity contribution is 5.70. The number of rotatable bonds is 3. The fourth-order valence-electron chi connectivity index (χ4n) is 2.34. The minimum Gasteiger partial charge on any atom is -0.369 e. The van der Waals surface area contributed by atoms with Gasteiger partial charge >= 0.3 is 0 Å². The average molecular weight is 231 g/mol. The highest BCUT2D eigenvalue weighted by Crippen LogP contribution is 2.24. The summed E-state index contributed by atoms with van der Waals surface area (Å²) in [5.74, 6) is 2.59. The molecule has 0 aromatic heterocycles. The van der Waals surface area contributed by atoms with Gasteiger partial charge in [-0.25, -0.2) is 9.97 Å². The van der Waals surface area contributed by atoms with Crippen molar-refractivity contribution in [3.63, 3.8) is 0 Å². The second kappa shape index (κ2) is 4.71. The summed E-state index contributed by atoms with van der Waals surface area (Å²) in [4.78, 5) is 11.6. The van der Waals surface area contributed by atoms with Gasteiger partial charge in [-0.05, 0) is 37.9 Å². The summed E-state index contributed by atoms with van der Waals surface area (Å²) >= 11 is 0. The molecule has 1 saturated heterocycles. The zero-order valence-electron chi connectivity index (χ0n) is 9.74. The molecule has 5 nitrogen and oxygen atoms in total. The van der Waals surface area contributed by atoms with Crippen LogP contribution in [-0.4, -0.2) is 34.6 Å². The van der Waals surface area contributed by atoms with E-state index in [1.807, 2.05) is 6.07 Å². The summed E-state index contributed by atoms with van der Waals surface area (Å²) in [6.07, 6.45) is 5.99. The van der Waals surface area contributed by atoms with Crippen LogP contribution in [0.5, 0.6) is 0 Å². The molecule has 17 heavy (non-hydrogen) atoms. The van der Waals surface area contributed by atoms with Gasteiger partial charge in [0.1, 0.15) is 11.6 Å². The largest absolute Gasteiger partial charge is 0.369 e. The molecule has 0 aromatic rings. The fourth-order valence-corrected chi connectivity index (χ4v) is 2.34. The van der Waals surface area contributed by atoms with Crippen LogP contribution < -0.4 is 10.6 Å². The molecule has 0 saturated carbocycles. The minimum absolute atomic E-state index is 0.750. The molecule has 0 unspecified atom stereocenters. The number of hydrogen-bond acceptors (Lipinski definition) is 4. The highest BCUT2D eigenvalue weighted by Gasteiger charge is 2.15. The molecule has 90 valence electrons. The van der Waals surface area contributed by atoms with Gasteiger partial charge in [0, 0.05) is 12.7 Å². The Kier molecular flexibility index (Phi) is 2.92. The van der Waals surface area contributed by atoms with Gasteiger partial charge in [-0.1, -0.05) is 0 Å². The molecule has 3 heterocycles. The molecule has 0 amide bonds. The van der Waals surface area contributed by atoms with Crippen LogP contribution in [0.1, 0.15) is 12.8 Å². The van der Waals surface area contributed by atoms with Crippen molar-refractivity contribution in [3.8, 4) is 11.4 Å². The Morgan fingerprint density at radius 3 is 3.06 bits per heavy atom. The van der Waals surface area contributed by atoms with Crippen molar-refractivity contribution < 1.29 is 0 Å². The lowest BCUT2D eigenvalue weighted by molar-refractivity contribution is 0.389. The summed E-state index contributed by atoms with van der Waals surface area (Å²) in [5, 5.41) is 6.82. The zero-order valence-corrected chi connectivity index (χ0v) is 9.74. The predicted octanol–water partition coefficient (Wildman–Crippen LogP) is 1.32. The van der Waals surface area contributed by atoms with Crippen LogP contribution >= 0.6 is 0 Å². The van der Waals surface area contributed by atoms with Gasteiger partial charge in [0.25, 0.3) is 0 Å². The van der Waals surface area contributed by atoms with Crippen molar-refractivity contribution >= 4 is 5.82 Å². The predicted molar refractivity (Wildman–Crippen MR) is 67.1 cm³/mol. The van der Waals surface area contributed by atoms with Crippen LogP contribution in [0, 0.1) is 5.92 Å². The number of fused-ring (bicyclic) bond motifs is 1. The molecular weight excluding hydrogens is 214 g/mol. The van der Waals surface area contributed by atoms with E-state index in [9.17, 15) is 0 Å². The van der Waals surface area contributed by atoms with Crippen LogP contribution in [0.25, 0.3) is 11.4 Å². The van der Waals surface area contributed by atoms with Crippen LogP contribution in [0.4, 0.5) is 5.82 Å². The molecule has 0 aromatic carbocycles. The van der Waals surface area contributed by atoms with E-state index in [1.165, 1.54) is 12.8 Å². The molecule has 3 rings (SSSR count). The smallest absolute Gasteiger partial charge is 0.142 e. The number of nitrogens with zero attached hydrogens (tertiary/aromatic N) is 2. The van der Waals surface area contributed by atoms with Crippen molar-refractivity contribution in [2.24, 2.45) is 5.92 Å². The maximum absolute atomic E-state index is 4.34. The maximum Gasteiger partial charge on any atom is 0.142 e. The van der Waals surface area contributed by atoms with Crippen LogP contribution in [0.3, 0.4) is 0 Å². The number of piperidine rings is 1. The fraction of sp³-hybridized carbons (Fsp3) is 0.500. The first kappa shape index (κ1) is 10.5. The number of nitrogens with one attached hydrogen (secondary N) is 3. The summed E-state index contributed by atoms with van der Waals surface area (Å²) < 4.78 is 0. The third-order valence-electron chi connectivity index (χ3n) is 3.37. The molecule has 0 atom stereocenters. The van der Waals surface area contributed by atoms with E-state index < -0.39 is 0 Å². The Morgan fingerprint density at radius 1 is 1.29 bits per heavy atom. The first-order valence-electron chi connectivity index (χ1n) is 6.16. The quantitative estimate of drug-likeness (QED) is 0.745. The summed E-state index contributed by atoms with van der Waals surface area (Å²) in [7, 11) is 0. The first-order chi connectivity index (χ1) is 8.43. The Balaban J connectivity index is 1.66. The van der Waals surface area contributed by atoms with E-state index in [2.05, 4.69) is 25.6 Å². The third-order valence-corrected chi connectivity index (χ3v) is 3.37. The number of aromatic amines is 1. The lowest BCUT2D eigenvalue weighted by Crippen LogP contribution is -2.31. The molecule has 0 radical (unpaired) electrons. The van der Waals surface area contributed by atoms with Crippen LogP contribution in [-0.2, 0) is 0 Å². The van der Waals surface area contributed by atoms with Gasteiger partial charge in [-0.3, -0.25) is 0 Å². The molecule has 5 heteroatoms. The van der Waals surface area contributed by atoms with Crippen LogP contribution in [0.15, 0.2) is 18.6 Å². The number of anilines is 1. The lowest BCUT2D eigenvalue weighted by atomic mass is 9.98. The molecule has 3 N–H and O–H groups in total. The third kappa shape index (κ3) is 2.24. The van der Waals surface area contributed by atoms with E-state index in [4.69, 9.17) is 0 Å². The second-order valence-electron chi connectivity index (χ2n) is 4.53. The lowest BCUT2D eigenvalue weighted by Gasteiger charge is -2.23. The van der Waals surface area contributed by atoms with Crippen molar-refractivity contribution in [3.05, 3.63) is 18.6 Å². The topological polar surface area (TPSA) is 65.6 Å². The molecule has 0 spiro atoms. The number of H-pyrrole nitrogens is 1. The zero-order chi connectivity index (χ0) is 11.5. The van der Waals surface area contributed by atoms with Crippen LogP contribution in [0.2, 0.25) is 0 Å². The Labute approximate surface area is 100 Å². The van der Waals surface area contributed by atoms with Crippen molar-refractivity contribution in [1.82, 2.24) is 20.3 Å². The summed E-state index contributed by atoms with van der Waals surface area (Å²) in [6, 6.07) is 1.99. The normalized spacial score (nSPS) is 17.4. The molecule has 1 fully saturated rings. The SMILES string of the molecule is c1cc2c(NCC3CCNCC3)nc[nH]c-2n1. The first-order valence-corrected chi connectivity index (χ1v) is 6.16. The van der Waals surface area contributed by atoms with Gasteiger partial charge in [-0.2, -0.15) is 0 Å². The van der Waals surface area contributed by atoms with Gasteiger partial charge in [-0.15, -0.1) is 0 Å². The minimum atomic E-state index is 0.750. The van der Waals surface area contributed by atoms with Crippen molar-refractivity contribution in [1.29, 1.82) is 0 Å². The average Bonchev–Trinajstić information content (AvgIpc) is 2.86. The standard InChI is InChI=1S/C12H17N5/c1-4-13-5-2-9(1)7-15-12-10-3-6-14-11(10)16-8-17-12/h3,6,8-9,13H,1-2,4-5,7H2,(H2,14,15,16,17). The van der Waals surface area contributed by atoms with Gasteiger partial charge in [0.05, 0.1) is 11.9 Å². The maximum atomic E-state index is 4.34. The highest BCUT2D eigenvalue weighted by atomic mass is 15.0. The number of hydrogen-bond donors (Lipinski definition) is 3. The number of aromatic nitrogens is 3. The van der Waals surface area contributed by atoms with E-state index in [-0.39, 0.29) is 0 Å². The van der Waals surface area contributed by atoms with Crippen molar-refractivity contribution in [2.45, 2.75) is 12.8 Å². The van der Waals surface area contributed by atoms with E-state index in [1.54, 1.807) is 12.5 Å². The van der Waals surface area contributed by atoms with Gasteiger partial charge in [0.15, 0.2) is 0 Å². The molecule has 3 aliphatic rings.